The van der Waals surface area contributed by atoms with Crippen molar-refractivity contribution in [2.24, 2.45) is 0 Å². The van der Waals surface area contributed by atoms with Gasteiger partial charge in [-0.05, 0) is 52.7 Å². The molecule has 4 aromatic carbocycles. The van der Waals surface area contributed by atoms with Gasteiger partial charge >= 0.3 is 0 Å². The van der Waals surface area contributed by atoms with Gasteiger partial charge in [0.25, 0.3) is 10.0 Å². The molecule has 0 bridgehead atoms. The number of anilines is 2. The molecule has 0 aliphatic heterocycles. The fraction of sp³-hybridized carbons (Fsp3) is 0.0357. The van der Waals surface area contributed by atoms with Crippen LogP contribution in [0.4, 0.5) is 11.4 Å². The van der Waals surface area contributed by atoms with Crippen LogP contribution in [0.2, 0.25) is 0 Å². The molecule has 1 heterocycles. The SMILES string of the molecule is O=C(Nc1cccc2ccccc12)C(Sc1ccc(NS(=O)(=O)c2cccs2)cc1)c1ccccc1. The maximum absolute atomic E-state index is 13.5. The topological polar surface area (TPSA) is 75.3 Å². The zero-order chi connectivity index (χ0) is 25.0. The zero-order valence-electron chi connectivity index (χ0n) is 19.0. The Balaban J connectivity index is 1.37. The summed E-state index contributed by atoms with van der Waals surface area (Å²) >= 11 is 2.58. The lowest BCUT2D eigenvalue weighted by molar-refractivity contribution is -0.115. The van der Waals surface area contributed by atoms with Gasteiger partial charge < -0.3 is 5.32 Å². The predicted molar refractivity (Wildman–Crippen MR) is 149 cm³/mol. The number of nitrogens with one attached hydrogen (secondary N) is 2. The Kier molecular flexibility index (Phi) is 7.09. The molecule has 0 fully saturated rings. The van der Waals surface area contributed by atoms with E-state index in [1.165, 1.54) is 11.8 Å². The highest BCUT2D eigenvalue weighted by atomic mass is 32.2. The number of benzene rings is 4. The summed E-state index contributed by atoms with van der Waals surface area (Å²) in [6.07, 6.45) is 0. The van der Waals surface area contributed by atoms with Gasteiger partial charge in [-0.1, -0.05) is 72.8 Å². The van der Waals surface area contributed by atoms with E-state index in [0.29, 0.717) is 5.69 Å². The van der Waals surface area contributed by atoms with Crippen molar-refractivity contribution < 1.29 is 13.2 Å². The van der Waals surface area contributed by atoms with Gasteiger partial charge in [0.2, 0.25) is 5.91 Å². The van der Waals surface area contributed by atoms with Crippen LogP contribution in [0, 0.1) is 0 Å². The molecule has 36 heavy (non-hydrogen) atoms. The summed E-state index contributed by atoms with van der Waals surface area (Å²) in [6.45, 7) is 0. The Labute approximate surface area is 218 Å². The summed E-state index contributed by atoms with van der Waals surface area (Å²) in [6, 6.07) is 33.7. The summed E-state index contributed by atoms with van der Waals surface area (Å²) in [5.74, 6) is -0.134. The van der Waals surface area contributed by atoms with Gasteiger partial charge in [-0.3, -0.25) is 9.52 Å². The first kappa shape index (κ1) is 24.1. The fourth-order valence-corrected chi connectivity index (χ4v) is 6.87. The highest BCUT2D eigenvalue weighted by Crippen LogP contribution is 2.37. The standard InChI is InChI=1S/C28H22N2O3S3/c31-28(29-25-13-6-11-20-8-4-5-12-24(20)25)27(21-9-2-1-3-10-21)35-23-17-15-22(16-18-23)30-36(32,33)26-14-7-19-34-26/h1-19,27,30H,(H,29,31). The Morgan fingerprint density at radius 3 is 2.25 bits per heavy atom. The van der Waals surface area contributed by atoms with Gasteiger partial charge in [-0.2, -0.15) is 0 Å². The first-order valence-corrected chi connectivity index (χ1v) is 14.4. The second-order valence-corrected chi connectivity index (χ2v) is 12.0. The zero-order valence-corrected chi connectivity index (χ0v) is 21.4. The third kappa shape index (κ3) is 5.46. The molecule has 8 heteroatoms. The van der Waals surface area contributed by atoms with Gasteiger partial charge in [-0.15, -0.1) is 23.1 Å². The van der Waals surface area contributed by atoms with Gasteiger partial charge in [0.1, 0.15) is 9.46 Å². The van der Waals surface area contributed by atoms with E-state index in [-0.39, 0.29) is 10.1 Å². The van der Waals surface area contributed by atoms with Crippen molar-refractivity contribution in [2.45, 2.75) is 14.4 Å². The number of hydrogen-bond acceptors (Lipinski definition) is 5. The molecule has 5 aromatic rings. The van der Waals surface area contributed by atoms with Crippen molar-refractivity contribution in [3.8, 4) is 0 Å². The van der Waals surface area contributed by atoms with E-state index in [2.05, 4.69) is 10.0 Å². The molecule has 180 valence electrons. The molecule has 1 atom stereocenters. The number of rotatable bonds is 8. The normalized spacial score (nSPS) is 12.2. The minimum Gasteiger partial charge on any atom is -0.324 e. The van der Waals surface area contributed by atoms with E-state index in [1.807, 2.05) is 84.9 Å². The number of carbonyl (C=O) groups excluding carboxylic acids is 1. The Morgan fingerprint density at radius 2 is 1.50 bits per heavy atom. The highest BCUT2D eigenvalue weighted by molar-refractivity contribution is 8.00. The molecule has 1 unspecified atom stereocenters. The van der Waals surface area contributed by atoms with Crippen molar-refractivity contribution in [3.63, 3.8) is 0 Å². The van der Waals surface area contributed by atoms with Crippen LogP contribution in [0.3, 0.4) is 0 Å². The lowest BCUT2D eigenvalue weighted by atomic mass is 10.1. The van der Waals surface area contributed by atoms with Crippen molar-refractivity contribution >= 4 is 61.2 Å². The highest BCUT2D eigenvalue weighted by Gasteiger charge is 2.23. The summed E-state index contributed by atoms with van der Waals surface area (Å²) in [5, 5.41) is 6.37. The largest absolute Gasteiger partial charge is 0.324 e. The minimum atomic E-state index is -3.62. The summed E-state index contributed by atoms with van der Waals surface area (Å²) < 4.78 is 27.9. The van der Waals surface area contributed by atoms with Gasteiger partial charge in [-0.25, -0.2) is 8.42 Å². The molecular formula is C28H22N2O3S3. The van der Waals surface area contributed by atoms with Crippen LogP contribution in [0.15, 0.2) is 124 Å². The van der Waals surface area contributed by atoms with Crippen LogP contribution in [0.1, 0.15) is 10.8 Å². The van der Waals surface area contributed by atoms with Gasteiger partial charge in [0.15, 0.2) is 0 Å². The van der Waals surface area contributed by atoms with Crippen LogP contribution < -0.4 is 10.0 Å². The number of thiophene rings is 1. The molecular weight excluding hydrogens is 509 g/mol. The van der Waals surface area contributed by atoms with E-state index in [9.17, 15) is 13.2 Å². The predicted octanol–water partition coefficient (Wildman–Crippen LogP) is 7.17. The number of thioether (sulfide) groups is 1. The van der Waals surface area contributed by atoms with Crippen LogP contribution in [-0.4, -0.2) is 14.3 Å². The van der Waals surface area contributed by atoms with E-state index in [0.717, 1.165) is 38.3 Å². The van der Waals surface area contributed by atoms with Crippen molar-refractivity contribution in [1.29, 1.82) is 0 Å². The third-order valence-corrected chi connectivity index (χ3v) is 9.55. The lowest BCUT2D eigenvalue weighted by Crippen LogP contribution is -2.19. The first-order chi connectivity index (χ1) is 17.5. The van der Waals surface area contributed by atoms with Crippen LogP contribution >= 0.6 is 23.1 Å². The second kappa shape index (κ2) is 10.6. The number of hydrogen-bond donors (Lipinski definition) is 2. The number of amides is 1. The summed E-state index contributed by atoms with van der Waals surface area (Å²) in [4.78, 5) is 14.4. The fourth-order valence-electron chi connectivity index (χ4n) is 3.79. The molecule has 0 saturated carbocycles. The molecule has 0 saturated heterocycles. The molecule has 5 rings (SSSR count). The first-order valence-electron chi connectivity index (χ1n) is 11.2. The monoisotopic (exact) mass is 530 g/mol. The van der Waals surface area contributed by atoms with E-state index >= 15 is 0 Å². The number of fused-ring (bicyclic) bond motifs is 1. The summed E-state index contributed by atoms with van der Waals surface area (Å²) in [5.41, 5.74) is 2.10. The van der Waals surface area contributed by atoms with Crippen LogP contribution in [-0.2, 0) is 14.8 Å². The van der Waals surface area contributed by atoms with Crippen LogP contribution in [0.25, 0.3) is 10.8 Å². The van der Waals surface area contributed by atoms with Crippen LogP contribution in [0.5, 0.6) is 0 Å². The molecule has 1 amide bonds. The smallest absolute Gasteiger partial charge is 0.271 e. The molecule has 1 aromatic heterocycles. The Hall–Kier alpha value is -3.59. The van der Waals surface area contributed by atoms with Crippen molar-refractivity contribution in [2.75, 3.05) is 10.0 Å². The molecule has 0 aliphatic rings. The Morgan fingerprint density at radius 1 is 0.778 bits per heavy atom. The second-order valence-electron chi connectivity index (χ2n) is 7.99. The minimum absolute atomic E-state index is 0.134. The van der Waals surface area contributed by atoms with E-state index in [1.54, 1.807) is 29.6 Å². The average Bonchev–Trinajstić information content (AvgIpc) is 3.45. The molecule has 0 aliphatic carbocycles. The van der Waals surface area contributed by atoms with Gasteiger partial charge in [0, 0.05) is 21.7 Å². The number of sulfonamides is 1. The third-order valence-electron chi connectivity index (χ3n) is 5.51. The molecule has 2 N–H and O–H groups in total. The lowest BCUT2D eigenvalue weighted by Gasteiger charge is -2.18. The van der Waals surface area contributed by atoms with Crippen molar-refractivity contribution in [1.82, 2.24) is 0 Å². The quantitative estimate of drug-likeness (QED) is 0.209. The Bertz CT molecular complexity index is 1580. The van der Waals surface area contributed by atoms with E-state index in [4.69, 9.17) is 0 Å². The average molecular weight is 531 g/mol. The number of carbonyl (C=O) groups is 1. The molecule has 0 radical (unpaired) electrons. The maximum Gasteiger partial charge on any atom is 0.271 e. The van der Waals surface area contributed by atoms with Crippen molar-refractivity contribution in [3.05, 3.63) is 120 Å². The molecule has 5 nitrogen and oxygen atoms in total. The maximum atomic E-state index is 13.5. The molecule has 0 spiro atoms. The van der Waals surface area contributed by atoms with E-state index < -0.39 is 15.3 Å². The summed E-state index contributed by atoms with van der Waals surface area (Å²) in [7, 11) is -3.62. The van der Waals surface area contributed by atoms with Gasteiger partial charge in [0.05, 0.1) is 0 Å².